The van der Waals surface area contributed by atoms with Gasteiger partial charge in [-0.2, -0.15) is 5.10 Å². The van der Waals surface area contributed by atoms with E-state index >= 15 is 0 Å². The minimum absolute atomic E-state index is 0.370. The maximum atomic E-state index is 6.28. The van der Waals surface area contributed by atoms with E-state index in [4.69, 9.17) is 28.9 Å². The fraction of sp³-hybridized carbons (Fsp3) is 0.200. The lowest BCUT2D eigenvalue weighted by Gasteiger charge is -2.08. The molecule has 1 aromatic carbocycles. The van der Waals surface area contributed by atoms with Crippen LogP contribution in [-0.2, 0) is 20.1 Å². The molecule has 3 rings (SSSR count). The summed E-state index contributed by atoms with van der Waals surface area (Å²) in [4.78, 5) is 4.48. The second-order valence-corrected chi connectivity index (χ2v) is 5.86. The van der Waals surface area contributed by atoms with E-state index in [0.717, 1.165) is 22.5 Å². The Bertz CT molecular complexity index is 806. The summed E-state index contributed by atoms with van der Waals surface area (Å²) < 4.78 is 3.78. The summed E-state index contributed by atoms with van der Waals surface area (Å²) in [5.74, 6) is 0. The zero-order valence-corrected chi connectivity index (χ0v) is 13.5. The average Bonchev–Trinajstić information content (AvgIpc) is 3.06. The van der Waals surface area contributed by atoms with Gasteiger partial charge >= 0.3 is 0 Å². The molecular weight excluding hydrogens is 321 g/mol. The number of hydrogen-bond acceptors (Lipinski definition) is 3. The van der Waals surface area contributed by atoms with E-state index in [9.17, 15) is 0 Å². The van der Waals surface area contributed by atoms with Crippen molar-refractivity contribution in [3.05, 3.63) is 58.2 Å². The first-order valence-electron chi connectivity index (χ1n) is 6.75. The van der Waals surface area contributed by atoms with Gasteiger partial charge in [0.2, 0.25) is 0 Å². The monoisotopic (exact) mass is 335 g/mol. The lowest BCUT2D eigenvalue weighted by Crippen LogP contribution is -2.08. The van der Waals surface area contributed by atoms with Gasteiger partial charge in [-0.3, -0.25) is 4.68 Å². The van der Waals surface area contributed by atoms with E-state index in [-0.39, 0.29) is 0 Å². The van der Waals surface area contributed by atoms with Crippen LogP contribution in [0.2, 0.25) is 10.0 Å². The molecule has 5 nitrogen and oxygen atoms in total. The summed E-state index contributed by atoms with van der Waals surface area (Å²) >= 11 is 12.2. The quantitative estimate of drug-likeness (QED) is 0.796. The highest BCUT2D eigenvalue weighted by Gasteiger charge is 2.15. The predicted molar refractivity (Wildman–Crippen MR) is 87.9 cm³/mol. The second kappa shape index (κ2) is 6.12. The van der Waals surface area contributed by atoms with Crippen molar-refractivity contribution >= 4 is 23.2 Å². The lowest BCUT2D eigenvalue weighted by atomic mass is 10.1. The summed E-state index contributed by atoms with van der Waals surface area (Å²) in [5, 5.41) is 5.33. The highest BCUT2D eigenvalue weighted by molar-refractivity contribution is 6.36. The van der Waals surface area contributed by atoms with Gasteiger partial charge in [0, 0.05) is 35.9 Å². The molecule has 0 aliphatic rings. The van der Waals surface area contributed by atoms with E-state index in [1.807, 2.05) is 30.1 Å². The van der Waals surface area contributed by atoms with Gasteiger partial charge in [0.1, 0.15) is 0 Å². The molecule has 0 aliphatic carbocycles. The van der Waals surface area contributed by atoms with Crippen LogP contribution in [0.3, 0.4) is 0 Å². The van der Waals surface area contributed by atoms with Crippen LogP contribution in [0.1, 0.15) is 11.3 Å². The first-order chi connectivity index (χ1) is 10.6. The highest BCUT2D eigenvalue weighted by Crippen LogP contribution is 2.31. The van der Waals surface area contributed by atoms with Crippen molar-refractivity contribution in [1.29, 1.82) is 0 Å². The number of aromatic nitrogens is 4. The van der Waals surface area contributed by atoms with Gasteiger partial charge in [0.25, 0.3) is 0 Å². The fourth-order valence-electron chi connectivity index (χ4n) is 2.41. The van der Waals surface area contributed by atoms with Gasteiger partial charge in [0.15, 0.2) is 0 Å². The Kier molecular flexibility index (Phi) is 4.20. The first kappa shape index (κ1) is 15.1. The first-order valence-corrected chi connectivity index (χ1v) is 7.51. The topological polar surface area (TPSA) is 61.7 Å². The fourth-order valence-corrected chi connectivity index (χ4v) is 2.91. The van der Waals surface area contributed by atoms with Crippen LogP contribution < -0.4 is 5.73 Å². The van der Waals surface area contributed by atoms with Crippen LogP contribution >= 0.6 is 23.2 Å². The number of benzene rings is 1. The molecule has 7 heteroatoms. The SMILES string of the molecule is Cn1cc(Cn2cnc(-c3ccc(Cl)cc3Cl)c2CN)cn1. The van der Waals surface area contributed by atoms with Crippen molar-refractivity contribution in [2.24, 2.45) is 12.8 Å². The van der Waals surface area contributed by atoms with Crippen molar-refractivity contribution in [2.45, 2.75) is 13.1 Å². The van der Waals surface area contributed by atoms with Crippen LogP contribution in [0, 0.1) is 0 Å². The second-order valence-electron chi connectivity index (χ2n) is 5.02. The number of rotatable bonds is 4. The number of nitrogens with two attached hydrogens (primary N) is 1. The molecular formula is C15H15Cl2N5. The molecule has 0 atom stereocenters. The number of aryl methyl sites for hydroxylation is 1. The van der Waals surface area contributed by atoms with E-state index in [0.29, 0.717) is 23.1 Å². The van der Waals surface area contributed by atoms with Crippen LogP contribution in [0.4, 0.5) is 0 Å². The summed E-state index contributed by atoms with van der Waals surface area (Å²) in [6, 6.07) is 5.36. The molecule has 2 aromatic heterocycles. The molecule has 0 unspecified atom stereocenters. The minimum Gasteiger partial charge on any atom is -0.328 e. The molecule has 2 N–H and O–H groups in total. The summed E-state index contributed by atoms with van der Waals surface area (Å²) in [6.45, 7) is 1.03. The van der Waals surface area contributed by atoms with Crippen molar-refractivity contribution < 1.29 is 0 Å². The maximum absolute atomic E-state index is 6.28. The Morgan fingerprint density at radius 2 is 2.09 bits per heavy atom. The van der Waals surface area contributed by atoms with E-state index in [2.05, 4.69) is 10.1 Å². The third kappa shape index (κ3) is 2.88. The average molecular weight is 336 g/mol. The Balaban J connectivity index is 1.99. The summed E-state index contributed by atoms with van der Waals surface area (Å²) in [7, 11) is 1.89. The third-order valence-corrected chi connectivity index (χ3v) is 3.98. The summed E-state index contributed by atoms with van der Waals surface area (Å²) in [6.07, 6.45) is 5.57. The van der Waals surface area contributed by atoms with Gasteiger partial charge in [-0.1, -0.05) is 23.2 Å². The number of nitrogens with zero attached hydrogens (tertiary/aromatic N) is 4. The smallest absolute Gasteiger partial charge is 0.0959 e. The lowest BCUT2D eigenvalue weighted by molar-refractivity contribution is 0.736. The van der Waals surface area contributed by atoms with Gasteiger partial charge in [-0.25, -0.2) is 4.98 Å². The predicted octanol–water partition coefficient (Wildman–Crippen LogP) is 3.10. The number of imidazole rings is 1. The van der Waals surface area contributed by atoms with Crippen molar-refractivity contribution in [3.8, 4) is 11.3 Å². The van der Waals surface area contributed by atoms with Crippen LogP contribution in [0.5, 0.6) is 0 Å². The molecule has 2 heterocycles. The largest absolute Gasteiger partial charge is 0.328 e. The van der Waals surface area contributed by atoms with E-state index in [1.165, 1.54) is 0 Å². The Hall–Kier alpha value is -1.82. The molecule has 22 heavy (non-hydrogen) atoms. The number of halogens is 2. The molecule has 0 radical (unpaired) electrons. The van der Waals surface area contributed by atoms with Crippen molar-refractivity contribution in [1.82, 2.24) is 19.3 Å². The van der Waals surface area contributed by atoms with Crippen LogP contribution in [0.15, 0.2) is 36.9 Å². The third-order valence-electron chi connectivity index (χ3n) is 3.44. The minimum atomic E-state index is 0.370. The molecule has 0 saturated heterocycles. The van der Waals surface area contributed by atoms with E-state index in [1.54, 1.807) is 23.1 Å². The van der Waals surface area contributed by atoms with Gasteiger partial charge < -0.3 is 10.3 Å². The molecule has 114 valence electrons. The molecule has 0 bridgehead atoms. The normalized spacial score (nSPS) is 11.1. The summed E-state index contributed by atoms with van der Waals surface area (Å²) in [5.41, 5.74) is 9.55. The zero-order chi connectivity index (χ0) is 15.7. The molecule has 0 aliphatic heterocycles. The van der Waals surface area contributed by atoms with Gasteiger partial charge in [-0.15, -0.1) is 0 Å². The Morgan fingerprint density at radius 3 is 2.73 bits per heavy atom. The van der Waals surface area contributed by atoms with Crippen LogP contribution in [0.25, 0.3) is 11.3 Å². The molecule has 0 saturated carbocycles. The Labute approximate surface area is 138 Å². The standard InChI is InChI=1S/C15H15Cl2N5/c1-21-7-10(6-20-21)8-22-9-19-15(14(22)5-18)12-3-2-11(16)4-13(12)17/h2-4,6-7,9H,5,8,18H2,1H3. The molecule has 0 fully saturated rings. The molecule has 0 amide bonds. The molecule has 0 spiro atoms. The highest BCUT2D eigenvalue weighted by atomic mass is 35.5. The van der Waals surface area contributed by atoms with Crippen molar-refractivity contribution in [2.75, 3.05) is 0 Å². The van der Waals surface area contributed by atoms with Crippen molar-refractivity contribution in [3.63, 3.8) is 0 Å². The van der Waals surface area contributed by atoms with Gasteiger partial charge in [0.05, 0.1) is 35.5 Å². The Morgan fingerprint density at radius 1 is 1.27 bits per heavy atom. The van der Waals surface area contributed by atoms with E-state index < -0.39 is 0 Å². The van der Waals surface area contributed by atoms with Gasteiger partial charge in [-0.05, 0) is 18.2 Å². The number of hydrogen-bond donors (Lipinski definition) is 1. The molecule has 3 aromatic rings. The zero-order valence-electron chi connectivity index (χ0n) is 12.0. The maximum Gasteiger partial charge on any atom is 0.0959 e. The van der Waals surface area contributed by atoms with Crippen LogP contribution in [-0.4, -0.2) is 19.3 Å².